The Balaban J connectivity index is 5.06. The summed E-state index contributed by atoms with van der Waals surface area (Å²) in [5, 5.41) is 26.7. The van der Waals surface area contributed by atoms with E-state index in [0.717, 1.165) is 6.08 Å². The topological polar surface area (TPSA) is 115 Å². The van der Waals surface area contributed by atoms with Gasteiger partial charge < -0.3 is 15.3 Å². The molecule has 2 unspecified atom stereocenters. The third-order valence-electron chi connectivity index (χ3n) is 1.58. The van der Waals surface area contributed by atoms with Crippen molar-refractivity contribution in [2.45, 2.75) is 17.5 Å². The fraction of sp³-hybridized carbons (Fsp3) is 0.667. The lowest BCUT2D eigenvalue weighted by Gasteiger charge is -2.27. The van der Waals surface area contributed by atoms with Gasteiger partial charge in [0.1, 0.15) is 6.10 Å². The maximum Gasteiger partial charge on any atom is 0.298 e. The molecule has 0 aliphatic carbocycles. The molecule has 7 heteroatoms. The predicted octanol–water partition coefficient (Wildman–Crippen LogP) is -1.51. The Morgan fingerprint density at radius 3 is 2.23 bits per heavy atom. The van der Waals surface area contributed by atoms with Crippen molar-refractivity contribution < 1.29 is 28.3 Å². The van der Waals surface area contributed by atoms with Crippen LogP contribution >= 0.6 is 0 Å². The van der Waals surface area contributed by atoms with Crippen LogP contribution in [-0.4, -0.2) is 45.9 Å². The van der Waals surface area contributed by atoms with Gasteiger partial charge in [-0.3, -0.25) is 4.55 Å². The quantitative estimate of drug-likeness (QED) is 0.325. The zero-order valence-electron chi connectivity index (χ0n) is 6.79. The van der Waals surface area contributed by atoms with Crippen LogP contribution in [0.1, 0.15) is 6.42 Å². The Hall–Kier alpha value is -0.470. The summed E-state index contributed by atoms with van der Waals surface area (Å²) in [5.41, 5.74) is 0. The summed E-state index contributed by atoms with van der Waals surface area (Å²) in [4.78, 5) is -2.79. The zero-order chi connectivity index (χ0) is 10.7. The molecular formula is C6H12O6S. The van der Waals surface area contributed by atoms with E-state index in [0.29, 0.717) is 0 Å². The normalized spacial score (nSPS) is 19.1. The Labute approximate surface area is 75.9 Å². The fourth-order valence-electron chi connectivity index (χ4n) is 0.763. The summed E-state index contributed by atoms with van der Waals surface area (Å²) < 4.78 is 29.8. The summed E-state index contributed by atoms with van der Waals surface area (Å²) >= 11 is 0. The number of rotatable bonds is 5. The number of hydrogen-bond acceptors (Lipinski definition) is 5. The molecule has 13 heavy (non-hydrogen) atoms. The van der Waals surface area contributed by atoms with E-state index >= 15 is 0 Å². The van der Waals surface area contributed by atoms with Crippen LogP contribution in [0.15, 0.2) is 12.7 Å². The fourth-order valence-corrected chi connectivity index (χ4v) is 1.51. The Bertz CT molecular complexity index is 271. The molecule has 0 aromatic carbocycles. The first-order valence-electron chi connectivity index (χ1n) is 3.39. The Morgan fingerprint density at radius 1 is 1.54 bits per heavy atom. The predicted molar refractivity (Wildman–Crippen MR) is 44.4 cm³/mol. The molecule has 0 saturated carbocycles. The lowest BCUT2D eigenvalue weighted by molar-refractivity contribution is -0.0441. The highest BCUT2D eigenvalue weighted by molar-refractivity contribution is 7.87. The summed E-state index contributed by atoms with van der Waals surface area (Å²) in [7, 11) is -4.86. The van der Waals surface area contributed by atoms with Crippen molar-refractivity contribution in [3.63, 3.8) is 0 Å². The molecule has 0 saturated heterocycles. The molecule has 0 aromatic heterocycles. The van der Waals surface area contributed by atoms with Crippen LogP contribution in [0.3, 0.4) is 0 Å². The third-order valence-corrected chi connectivity index (χ3v) is 2.91. The Morgan fingerprint density at radius 2 is 2.00 bits per heavy atom. The molecule has 4 N–H and O–H groups in total. The molecule has 6 nitrogen and oxygen atoms in total. The van der Waals surface area contributed by atoms with Crippen molar-refractivity contribution in [1.29, 1.82) is 0 Å². The maximum absolute atomic E-state index is 10.6. The van der Waals surface area contributed by atoms with Crippen molar-refractivity contribution in [3.05, 3.63) is 12.7 Å². The van der Waals surface area contributed by atoms with Gasteiger partial charge >= 0.3 is 0 Å². The smallest absolute Gasteiger partial charge is 0.298 e. The minimum atomic E-state index is -4.86. The Kier molecular flexibility index (Phi) is 4.01. The molecule has 0 aromatic rings. The van der Waals surface area contributed by atoms with Gasteiger partial charge in [-0.1, -0.05) is 6.08 Å². The second kappa shape index (κ2) is 4.16. The van der Waals surface area contributed by atoms with Crippen molar-refractivity contribution in [3.8, 4) is 0 Å². The third kappa shape index (κ3) is 2.48. The molecule has 2 atom stereocenters. The minimum absolute atomic E-state index is 0.576. The molecule has 0 bridgehead atoms. The van der Waals surface area contributed by atoms with Gasteiger partial charge in [-0.2, -0.15) is 8.42 Å². The standard InChI is InChI=1S/C6H12O6S/c1-2-3-6(9,5(8)4-7)13(10,11)12/h2,5,7-9H,1,3-4H2,(H,10,11,12). The van der Waals surface area contributed by atoms with Gasteiger partial charge in [0.25, 0.3) is 10.1 Å². The first-order chi connectivity index (χ1) is 5.79. The highest BCUT2D eigenvalue weighted by Crippen LogP contribution is 2.22. The van der Waals surface area contributed by atoms with Crippen molar-refractivity contribution in [1.82, 2.24) is 0 Å². The first kappa shape index (κ1) is 12.5. The lowest BCUT2D eigenvalue weighted by Crippen LogP contribution is -2.50. The van der Waals surface area contributed by atoms with E-state index < -0.39 is 34.2 Å². The van der Waals surface area contributed by atoms with Crippen LogP contribution < -0.4 is 0 Å². The largest absolute Gasteiger partial charge is 0.394 e. The SMILES string of the molecule is C=CCC(O)(C(O)CO)S(=O)(=O)O. The van der Waals surface area contributed by atoms with Crippen molar-refractivity contribution in [2.75, 3.05) is 6.61 Å². The molecule has 0 aliphatic heterocycles. The van der Waals surface area contributed by atoms with E-state index in [2.05, 4.69) is 6.58 Å². The van der Waals surface area contributed by atoms with Gasteiger partial charge in [-0.05, 0) is 0 Å². The van der Waals surface area contributed by atoms with E-state index in [9.17, 15) is 13.5 Å². The molecule has 0 fully saturated rings. The van der Waals surface area contributed by atoms with E-state index in [1.807, 2.05) is 0 Å². The van der Waals surface area contributed by atoms with Crippen molar-refractivity contribution in [2.24, 2.45) is 0 Å². The van der Waals surface area contributed by atoms with Crippen molar-refractivity contribution >= 4 is 10.1 Å². The second-order valence-corrected chi connectivity index (χ2v) is 4.17. The molecule has 0 radical (unpaired) electrons. The summed E-state index contributed by atoms with van der Waals surface area (Å²) in [6.07, 6.45) is -1.54. The lowest BCUT2D eigenvalue weighted by atomic mass is 10.1. The van der Waals surface area contributed by atoms with E-state index in [-0.39, 0.29) is 0 Å². The van der Waals surface area contributed by atoms with Crippen LogP contribution in [-0.2, 0) is 10.1 Å². The van der Waals surface area contributed by atoms with E-state index in [4.69, 9.17) is 14.8 Å². The highest BCUT2D eigenvalue weighted by atomic mass is 32.2. The summed E-state index contributed by atoms with van der Waals surface area (Å²) in [6, 6.07) is 0. The van der Waals surface area contributed by atoms with Crippen LogP contribution in [0.5, 0.6) is 0 Å². The molecule has 0 amide bonds. The number of aliphatic hydroxyl groups is 3. The molecule has 78 valence electrons. The second-order valence-electron chi connectivity index (χ2n) is 2.51. The van der Waals surface area contributed by atoms with Gasteiger partial charge in [0, 0.05) is 6.42 Å². The molecule has 0 rings (SSSR count). The summed E-state index contributed by atoms with van der Waals surface area (Å²) in [5.74, 6) is 0. The van der Waals surface area contributed by atoms with Gasteiger partial charge in [-0.15, -0.1) is 6.58 Å². The zero-order valence-corrected chi connectivity index (χ0v) is 7.61. The minimum Gasteiger partial charge on any atom is -0.394 e. The monoisotopic (exact) mass is 212 g/mol. The molecular weight excluding hydrogens is 200 g/mol. The average molecular weight is 212 g/mol. The van der Waals surface area contributed by atoms with Crippen LogP contribution in [0.4, 0.5) is 0 Å². The van der Waals surface area contributed by atoms with E-state index in [1.165, 1.54) is 0 Å². The number of aliphatic hydroxyl groups excluding tert-OH is 2. The van der Waals surface area contributed by atoms with Crippen LogP contribution in [0.25, 0.3) is 0 Å². The molecule has 0 heterocycles. The van der Waals surface area contributed by atoms with Gasteiger partial charge in [0.15, 0.2) is 0 Å². The van der Waals surface area contributed by atoms with Gasteiger partial charge in [0.05, 0.1) is 6.61 Å². The first-order valence-corrected chi connectivity index (χ1v) is 4.83. The molecule has 0 aliphatic rings. The molecule has 0 spiro atoms. The van der Waals surface area contributed by atoms with E-state index in [1.54, 1.807) is 0 Å². The van der Waals surface area contributed by atoms with Gasteiger partial charge in [-0.25, -0.2) is 0 Å². The average Bonchev–Trinajstić information content (AvgIpc) is 2.01. The van der Waals surface area contributed by atoms with Gasteiger partial charge in [0.2, 0.25) is 4.93 Å². The van der Waals surface area contributed by atoms with Crippen LogP contribution in [0, 0.1) is 0 Å². The maximum atomic E-state index is 10.6. The highest BCUT2D eigenvalue weighted by Gasteiger charge is 2.46. The number of hydrogen-bond donors (Lipinski definition) is 4. The summed E-state index contributed by atoms with van der Waals surface area (Å²) in [6.45, 7) is 2.17. The van der Waals surface area contributed by atoms with Crippen LogP contribution in [0.2, 0.25) is 0 Å².